The van der Waals surface area contributed by atoms with Crippen molar-refractivity contribution in [1.29, 1.82) is 0 Å². The van der Waals surface area contributed by atoms with Gasteiger partial charge in [-0.15, -0.1) is 11.3 Å². The monoisotopic (exact) mass is 263 g/mol. The van der Waals surface area contributed by atoms with E-state index in [1.54, 1.807) is 22.1 Å². The van der Waals surface area contributed by atoms with Crippen molar-refractivity contribution in [3.05, 3.63) is 39.8 Å². The van der Waals surface area contributed by atoms with Crippen molar-refractivity contribution in [3.8, 4) is 0 Å². The van der Waals surface area contributed by atoms with Crippen LogP contribution < -0.4 is 5.32 Å². The van der Waals surface area contributed by atoms with E-state index in [2.05, 4.69) is 27.9 Å². The van der Waals surface area contributed by atoms with Gasteiger partial charge in [-0.25, -0.2) is 0 Å². The molecule has 0 aliphatic heterocycles. The first-order valence-electron chi connectivity index (χ1n) is 5.98. The molecular weight excluding hydrogens is 246 g/mol. The molecule has 0 saturated carbocycles. The average Bonchev–Trinajstić information content (AvgIpc) is 2.96. The molecule has 0 aliphatic rings. The summed E-state index contributed by atoms with van der Waals surface area (Å²) < 4.78 is 1.71. The molecule has 0 aliphatic carbocycles. The highest BCUT2D eigenvalue weighted by molar-refractivity contribution is 7.09. The number of nitrogens with zero attached hydrogens (tertiary/aromatic N) is 2. The third-order valence-corrected chi connectivity index (χ3v) is 3.75. The average molecular weight is 263 g/mol. The van der Waals surface area contributed by atoms with Gasteiger partial charge >= 0.3 is 0 Å². The molecule has 0 radical (unpaired) electrons. The van der Waals surface area contributed by atoms with Gasteiger partial charge in [-0.05, 0) is 37.3 Å². The molecule has 96 valence electrons. The lowest BCUT2D eigenvalue weighted by Gasteiger charge is -2.01. The predicted molar refractivity (Wildman–Crippen MR) is 72.9 cm³/mol. The lowest BCUT2D eigenvalue weighted by Crippen LogP contribution is -2.25. The van der Waals surface area contributed by atoms with Gasteiger partial charge in [0.2, 0.25) is 0 Å². The van der Waals surface area contributed by atoms with E-state index in [-0.39, 0.29) is 5.91 Å². The van der Waals surface area contributed by atoms with Gasteiger partial charge in [0.25, 0.3) is 5.91 Å². The zero-order chi connectivity index (χ0) is 13.0. The van der Waals surface area contributed by atoms with Crippen molar-refractivity contribution < 1.29 is 4.79 Å². The Hall–Kier alpha value is -1.62. The summed E-state index contributed by atoms with van der Waals surface area (Å²) in [5.41, 5.74) is 1.48. The van der Waals surface area contributed by atoms with E-state index in [1.807, 2.05) is 14.0 Å². The highest BCUT2D eigenvalue weighted by Gasteiger charge is 2.09. The van der Waals surface area contributed by atoms with E-state index in [1.165, 1.54) is 4.88 Å². The molecule has 0 saturated heterocycles. The normalized spacial score (nSPS) is 10.6. The fourth-order valence-electron chi connectivity index (χ4n) is 1.68. The van der Waals surface area contributed by atoms with E-state index in [4.69, 9.17) is 0 Å². The van der Waals surface area contributed by atoms with Crippen molar-refractivity contribution in [3.63, 3.8) is 0 Å². The summed E-state index contributed by atoms with van der Waals surface area (Å²) >= 11 is 1.76. The Bertz CT molecular complexity index is 497. The van der Waals surface area contributed by atoms with Gasteiger partial charge in [-0.2, -0.15) is 5.10 Å². The molecule has 1 N–H and O–H groups in total. The zero-order valence-electron chi connectivity index (χ0n) is 10.6. The fraction of sp³-hybridized carbons (Fsp3) is 0.385. The highest BCUT2D eigenvalue weighted by atomic mass is 32.1. The smallest absolute Gasteiger partial charge is 0.271 e. The second kappa shape index (κ2) is 5.82. The molecule has 18 heavy (non-hydrogen) atoms. The number of carbonyl (C=O) groups is 1. The molecular formula is C13H17N3OS. The second-order valence-corrected chi connectivity index (χ2v) is 5.27. The number of thiophene rings is 1. The SMILES string of the molecule is Cc1cc(C(=O)NCCCc2cccs2)nn1C. The quantitative estimate of drug-likeness (QED) is 0.840. The fourth-order valence-corrected chi connectivity index (χ4v) is 2.43. The molecule has 0 unspecified atom stereocenters. The molecule has 0 atom stereocenters. The number of hydrogen-bond donors (Lipinski definition) is 1. The third-order valence-electron chi connectivity index (χ3n) is 2.81. The standard InChI is InChI=1S/C13H17N3OS/c1-10-9-12(15-16(10)2)13(17)14-7-3-5-11-6-4-8-18-11/h4,6,8-9H,3,5,7H2,1-2H3,(H,14,17). The number of aromatic nitrogens is 2. The Kier molecular flexibility index (Phi) is 4.15. The van der Waals surface area contributed by atoms with Gasteiger partial charge in [0.1, 0.15) is 5.69 Å². The summed E-state index contributed by atoms with van der Waals surface area (Å²) in [6.07, 6.45) is 1.97. The summed E-state index contributed by atoms with van der Waals surface area (Å²) in [5, 5.41) is 9.11. The van der Waals surface area contributed by atoms with Crippen LogP contribution in [-0.4, -0.2) is 22.2 Å². The Morgan fingerprint density at radius 2 is 2.39 bits per heavy atom. The van der Waals surface area contributed by atoms with Crippen LogP contribution in [0.15, 0.2) is 23.6 Å². The van der Waals surface area contributed by atoms with Crippen LogP contribution in [0.4, 0.5) is 0 Å². The molecule has 1 amide bonds. The number of amides is 1. The van der Waals surface area contributed by atoms with Crippen molar-refractivity contribution in [2.75, 3.05) is 6.54 Å². The minimum Gasteiger partial charge on any atom is -0.351 e. The van der Waals surface area contributed by atoms with Crippen LogP contribution in [0.1, 0.15) is 27.5 Å². The van der Waals surface area contributed by atoms with E-state index >= 15 is 0 Å². The topological polar surface area (TPSA) is 46.9 Å². The van der Waals surface area contributed by atoms with E-state index < -0.39 is 0 Å². The van der Waals surface area contributed by atoms with Gasteiger partial charge in [-0.1, -0.05) is 6.07 Å². The van der Waals surface area contributed by atoms with Crippen LogP contribution in [0.5, 0.6) is 0 Å². The first-order chi connectivity index (χ1) is 8.66. The summed E-state index contributed by atoms with van der Waals surface area (Å²) in [6.45, 7) is 2.62. The zero-order valence-corrected chi connectivity index (χ0v) is 11.5. The maximum absolute atomic E-state index is 11.8. The number of rotatable bonds is 5. The van der Waals surface area contributed by atoms with Crippen molar-refractivity contribution in [2.24, 2.45) is 7.05 Å². The van der Waals surface area contributed by atoms with Gasteiger partial charge in [0.05, 0.1) is 0 Å². The lowest BCUT2D eigenvalue weighted by atomic mass is 10.2. The summed E-state index contributed by atoms with van der Waals surface area (Å²) in [4.78, 5) is 13.1. The summed E-state index contributed by atoms with van der Waals surface area (Å²) in [7, 11) is 1.84. The predicted octanol–water partition coefficient (Wildman–Crippen LogP) is 2.15. The van der Waals surface area contributed by atoms with Crippen LogP contribution >= 0.6 is 11.3 Å². The number of hydrogen-bond acceptors (Lipinski definition) is 3. The van der Waals surface area contributed by atoms with E-state index in [0.717, 1.165) is 18.5 Å². The lowest BCUT2D eigenvalue weighted by molar-refractivity contribution is 0.0947. The molecule has 0 aromatic carbocycles. The van der Waals surface area contributed by atoms with Gasteiger partial charge < -0.3 is 5.32 Å². The minimum absolute atomic E-state index is 0.0927. The van der Waals surface area contributed by atoms with Crippen LogP contribution in [-0.2, 0) is 13.5 Å². The molecule has 0 fully saturated rings. The minimum atomic E-state index is -0.0927. The van der Waals surface area contributed by atoms with Crippen molar-refractivity contribution in [2.45, 2.75) is 19.8 Å². The number of carbonyl (C=O) groups excluding carboxylic acids is 1. The largest absolute Gasteiger partial charge is 0.351 e. The van der Waals surface area contributed by atoms with Crippen molar-refractivity contribution >= 4 is 17.2 Å². The van der Waals surface area contributed by atoms with Crippen LogP contribution in [0.2, 0.25) is 0 Å². The Morgan fingerprint density at radius 3 is 3.00 bits per heavy atom. The maximum Gasteiger partial charge on any atom is 0.271 e. The summed E-state index contributed by atoms with van der Waals surface area (Å²) in [5.74, 6) is -0.0927. The molecule has 2 heterocycles. The number of nitrogens with one attached hydrogen (secondary N) is 1. The van der Waals surface area contributed by atoms with Gasteiger partial charge in [-0.3, -0.25) is 9.48 Å². The van der Waals surface area contributed by atoms with Gasteiger partial charge in [0.15, 0.2) is 0 Å². The molecule has 2 aromatic heterocycles. The van der Waals surface area contributed by atoms with Crippen LogP contribution in [0.25, 0.3) is 0 Å². The van der Waals surface area contributed by atoms with Crippen LogP contribution in [0.3, 0.4) is 0 Å². The Morgan fingerprint density at radius 1 is 1.56 bits per heavy atom. The van der Waals surface area contributed by atoms with Crippen LogP contribution in [0, 0.1) is 6.92 Å². The Balaban J connectivity index is 1.75. The Labute approximate surface area is 111 Å². The second-order valence-electron chi connectivity index (χ2n) is 4.23. The maximum atomic E-state index is 11.8. The molecule has 0 spiro atoms. The first kappa shape index (κ1) is 12.8. The molecule has 0 bridgehead atoms. The van der Waals surface area contributed by atoms with Gasteiger partial charge in [0, 0.05) is 24.2 Å². The molecule has 2 aromatic rings. The van der Waals surface area contributed by atoms with E-state index in [0.29, 0.717) is 12.2 Å². The molecule has 2 rings (SSSR count). The number of aryl methyl sites for hydroxylation is 3. The summed E-state index contributed by atoms with van der Waals surface area (Å²) in [6, 6.07) is 5.97. The third kappa shape index (κ3) is 3.20. The highest BCUT2D eigenvalue weighted by Crippen LogP contribution is 2.10. The molecule has 4 nitrogen and oxygen atoms in total. The van der Waals surface area contributed by atoms with Crippen molar-refractivity contribution in [1.82, 2.24) is 15.1 Å². The van der Waals surface area contributed by atoms with E-state index in [9.17, 15) is 4.79 Å². The first-order valence-corrected chi connectivity index (χ1v) is 6.86. The molecule has 5 heteroatoms.